The maximum atomic E-state index is 13.2. The summed E-state index contributed by atoms with van der Waals surface area (Å²) in [4.78, 5) is 27.2. The lowest BCUT2D eigenvalue weighted by Gasteiger charge is -2.28. The van der Waals surface area contributed by atoms with E-state index in [1.165, 1.54) is 7.11 Å². The highest BCUT2D eigenvalue weighted by molar-refractivity contribution is 5.95. The Bertz CT molecular complexity index is 858. The molecule has 0 aliphatic carbocycles. The molecule has 0 radical (unpaired) electrons. The number of amides is 2. The average Bonchev–Trinajstić information content (AvgIpc) is 3.01. The molecule has 1 atom stereocenters. The molecule has 0 fully saturated rings. The van der Waals surface area contributed by atoms with Gasteiger partial charge in [0, 0.05) is 27.1 Å². The van der Waals surface area contributed by atoms with Crippen LogP contribution in [0.2, 0.25) is 0 Å². The Labute approximate surface area is 184 Å². The lowest BCUT2D eigenvalue weighted by molar-refractivity contribution is -0.671. The first kappa shape index (κ1) is 24.6. The second kappa shape index (κ2) is 11.1. The zero-order chi connectivity index (χ0) is 23.0. The van der Waals surface area contributed by atoms with E-state index in [9.17, 15) is 9.59 Å². The van der Waals surface area contributed by atoms with Crippen LogP contribution in [0.5, 0.6) is 0 Å². The molecule has 1 heterocycles. The SMILES string of the molecule is CO[C@@H](C(=O)N(CCC[NH2+]Cc1cc(C)nn1C)C(=O)OC(C)(C)C)c1ccccc1. The molecule has 0 saturated heterocycles. The number of quaternary nitrogens is 1. The van der Waals surface area contributed by atoms with Crippen molar-refractivity contribution < 1.29 is 24.4 Å². The van der Waals surface area contributed by atoms with Crippen LogP contribution in [0.4, 0.5) is 4.79 Å². The molecule has 2 rings (SSSR count). The Morgan fingerprint density at radius 3 is 2.45 bits per heavy atom. The summed E-state index contributed by atoms with van der Waals surface area (Å²) in [5, 5.41) is 6.48. The number of imide groups is 1. The topological polar surface area (TPSA) is 90.3 Å². The van der Waals surface area contributed by atoms with Crippen LogP contribution >= 0.6 is 0 Å². The number of hydrogen-bond acceptors (Lipinski definition) is 5. The number of rotatable bonds is 9. The summed E-state index contributed by atoms with van der Waals surface area (Å²) in [5.41, 5.74) is 2.11. The van der Waals surface area contributed by atoms with Gasteiger partial charge >= 0.3 is 6.09 Å². The molecule has 2 N–H and O–H groups in total. The lowest BCUT2D eigenvalue weighted by Crippen LogP contribution is -2.83. The Kier molecular flexibility index (Phi) is 8.76. The van der Waals surface area contributed by atoms with E-state index in [-0.39, 0.29) is 6.54 Å². The van der Waals surface area contributed by atoms with Crippen LogP contribution in [-0.2, 0) is 27.9 Å². The third-order valence-corrected chi connectivity index (χ3v) is 4.68. The fourth-order valence-electron chi connectivity index (χ4n) is 3.26. The van der Waals surface area contributed by atoms with Crippen molar-refractivity contribution in [2.24, 2.45) is 7.05 Å². The molecule has 1 aromatic carbocycles. The van der Waals surface area contributed by atoms with Crippen LogP contribution < -0.4 is 5.32 Å². The quantitative estimate of drug-likeness (QED) is 0.616. The summed E-state index contributed by atoms with van der Waals surface area (Å²) in [6.07, 6.45) is -0.889. The Morgan fingerprint density at radius 2 is 1.90 bits per heavy atom. The highest BCUT2D eigenvalue weighted by Gasteiger charge is 2.33. The predicted octanol–water partition coefficient (Wildman–Crippen LogP) is 2.33. The van der Waals surface area contributed by atoms with Gasteiger partial charge < -0.3 is 14.8 Å². The van der Waals surface area contributed by atoms with Crippen molar-refractivity contribution in [1.82, 2.24) is 14.7 Å². The molecule has 2 amide bonds. The van der Waals surface area contributed by atoms with Crippen LogP contribution in [-0.4, -0.2) is 52.5 Å². The summed E-state index contributed by atoms with van der Waals surface area (Å²) in [5.74, 6) is -0.426. The van der Waals surface area contributed by atoms with E-state index in [4.69, 9.17) is 9.47 Å². The first-order valence-electron chi connectivity index (χ1n) is 10.6. The normalized spacial score (nSPS) is 12.5. The van der Waals surface area contributed by atoms with Crippen molar-refractivity contribution in [1.29, 1.82) is 0 Å². The van der Waals surface area contributed by atoms with Gasteiger partial charge in [0.15, 0.2) is 6.10 Å². The van der Waals surface area contributed by atoms with Crippen LogP contribution in [0.3, 0.4) is 0 Å². The molecular formula is C23H35N4O4+. The molecule has 0 spiro atoms. The largest absolute Gasteiger partial charge is 0.443 e. The van der Waals surface area contributed by atoms with Crippen molar-refractivity contribution in [2.45, 2.75) is 52.4 Å². The minimum absolute atomic E-state index is 0.251. The number of nitrogens with two attached hydrogens (primary N) is 1. The van der Waals surface area contributed by atoms with E-state index in [1.54, 1.807) is 20.8 Å². The summed E-state index contributed by atoms with van der Waals surface area (Å²) in [6, 6.07) is 11.2. The van der Waals surface area contributed by atoms with Gasteiger partial charge in [-0.25, -0.2) is 9.69 Å². The molecule has 31 heavy (non-hydrogen) atoms. The minimum Gasteiger partial charge on any atom is -0.443 e. The van der Waals surface area contributed by atoms with Crippen molar-refractivity contribution in [3.8, 4) is 0 Å². The summed E-state index contributed by atoms with van der Waals surface area (Å²) < 4.78 is 12.8. The number of benzene rings is 1. The van der Waals surface area contributed by atoms with E-state index in [0.717, 1.165) is 29.4 Å². The van der Waals surface area contributed by atoms with Gasteiger partial charge in [0.25, 0.3) is 5.91 Å². The fourth-order valence-corrected chi connectivity index (χ4v) is 3.26. The number of ether oxygens (including phenoxy) is 2. The van der Waals surface area contributed by atoms with E-state index in [0.29, 0.717) is 12.0 Å². The van der Waals surface area contributed by atoms with Gasteiger partial charge in [-0.2, -0.15) is 5.10 Å². The second-order valence-corrected chi connectivity index (χ2v) is 8.53. The highest BCUT2D eigenvalue weighted by Crippen LogP contribution is 2.21. The zero-order valence-corrected chi connectivity index (χ0v) is 19.4. The number of hydrogen-bond donors (Lipinski definition) is 1. The number of methoxy groups -OCH3 is 1. The van der Waals surface area contributed by atoms with Crippen molar-refractivity contribution in [2.75, 3.05) is 20.2 Å². The number of nitrogens with zero attached hydrogens (tertiary/aromatic N) is 3. The molecule has 0 bridgehead atoms. The van der Waals surface area contributed by atoms with E-state index >= 15 is 0 Å². The molecule has 0 aliphatic heterocycles. The van der Waals surface area contributed by atoms with Gasteiger partial charge in [-0.1, -0.05) is 30.3 Å². The van der Waals surface area contributed by atoms with Gasteiger partial charge in [-0.05, 0) is 39.3 Å². The van der Waals surface area contributed by atoms with Crippen LogP contribution in [0, 0.1) is 6.92 Å². The number of carbonyl (C=O) groups is 2. The average molecular weight is 432 g/mol. The number of aryl methyl sites for hydroxylation is 2. The zero-order valence-electron chi connectivity index (χ0n) is 19.4. The molecule has 170 valence electrons. The molecular weight excluding hydrogens is 396 g/mol. The van der Waals surface area contributed by atoms with Crippen molar-refractivity contribution in [3.05, 3.63) is 53.3 Å². The molecule has 0 saturated carbocycles. The summed E-state index contributed by atoms with van der Waals surface area (Å²) in [7, 11) is 3.39. The Balaban J connectivity index is 2.03. The van der Waals surface area contributed by atoms with Gasteiger partial charge in [0.2, 0.25) is 0 Å². The van der Waals surface area contributed by atoms with Gasteiger partial charge in [0.05, 0.1) is 17.9 Å². The standard InChI is InChI=1S/C23H34N4O4/c1-17-15-19(26(5)25-17)16-24-13-10-14-27(22(29)31-23(2,3)4)21(28)20(30-6)18-11-8-7-9-12-18/h7-9,11-12,15,20,24H,10,13-14,16H2,1-6H3/p+1/t20-/m1/s1. The fraction of sp³-hybridized carbons (Fsp3) is 0.522. The molecule has 0 aliphatic rings. The van der Waals surface area contributed by atoms with Gasteiger partial charge in [0.1, 0.15) is 12.1 Å². The van der Waals surface area contributed by atoms with Gasteiger partial charge in [-0.15, -0.1) is 0 Å². The van der Waals surface area contributed by atoms with Crippen LogP contribution in [0.1, 0.15) is 50.2 Å². The van der Waals surface area contributed by atoms with E-state index in [2.05, 4.69) is 16.5 Å². The van der Waals surface area contributed by atoms with Crippen LogP contribution in [0.15, 0.2) is 36.4 Å². The summed E-state index contributed by atoms with van der Waals surface area (Å²) >= 11 is 0. The Hall–Kier alpha value is -2.71. The first-order chi connectivity index (χ1) is 14.6. The smallest absolute Gasteiger partial charge is 0.417 e. The van der Waals surface area contributed by atoms with E-state index in [1.807, 2.05) is 49.0 Å². The monoisotopic (exact) mass is 431 g/mol. The lowest BCUT2D eigenvalue weighted by atomic mass is 10.1. The van der Waals surface area contributed by atoms with Crippen LogP contribution in [0.25, 0.3) is 0 Å². The molecule has 1 aromatic heterocycles. The molecule has 2 aromatic rings. The molecule has 0 unspecified atom stereocenters. The minimum atomic E-state index is -0.866. The summed E-state index contributed by atoms with van der Waals surface area (Å²) in [6.45, 7) is 9.09. The molecule has 8 nitrogen and oxygen atoms in total. The Morgan fingerprint density at radius 1 is 1.23 bits per heavy atom. The number of carbonyl (C=O) groups excluding carboxylic acids is 2. The van der Waals surface area contributed by atoms with Gasteiger partial charge in [-0.3, -0.25) is 9.48 Å². The predicted molar refractivity (Wildman–Crippen MR) is 117 cm³/mol. The molecule has 8 heteroatoms. The second-order valence-electron chi connectivity index (χ2n) is 8.53. The maximum Gasteiger partial charge on any atom is 0.417 e. The first-order valence-corrected chi connectivity index (χ1v) is 10.6. The third-order valence-electron chi connectivity index (χ3n) is 4.68. The van der Waals surface area contributed by atoms with Crippen molar-refractivity contribution >= 4 is 12.0 Å². The third kappa shape index (κ3) is 7.48. The number of aromatic nitrogens is 2. The maximum absolute atomic E-state index is 13.2. The van der Waals surface area contributed by atoms with E-state index < -0.39 is 23.7 Å². The van der Waals surface area contributed by atoms with Crippen molar-refractivity contribution in [3.63, 3.8) is 0 Å². The highest BCUT2D eigenvalue weighted by atomic mass is 16.6.